The van der Waals surface area contributed by atoms with Crippen LogP contribution in [0.1, 0.15) is 0 Å². The van der Waals surface area contributed by atoms with Gasteiger partial charge in [0, 0.05) is 38.2 Å². The highest BCUT2D eigenvalue weighted by atomic mass is 16.3. The monoisotopic (exact) mass is 740 g/mol. The molecule has 0 atom stereocenters. The number of hydrogen-bond donors (Lipinski definition) is 0. The first-order chi connectivity index (χ1) is 28.7. The summed E-state index contributed by atoms with van der Waals surface area (Å²) in [6, 6.07) is 68.0. The summed E-state index contributed by atoms with van der Waals surface area (Å²) >= 11 is 0. The van der Waals surface area contributed by atoms with Crippen LogP contribution in [-0.4, -0.2) is 9.97 Å². The molecule has 0 aliphatic carbocycles. The van der Waals surface area contributed by atoms with E-state index in [0.29, 0.717) is 5.82 Å². The normalized spacial score (nSPS) is 11.8. The summed E-state index contributed by atoms with van der Waals surface area (Å²) in [6.45, 7) is 0. The zero-order valence-electron chi connectivity index (χ0n) is 31.2. The second-order valence-electron chi connectivity index (χ2n) is 14.9. The quantitative estimate of drug-likeness (QED) is 0.176. The maximum Gasteiger partial charge on any atom is 0.161 e. The lowest BCUT2D eigenvalue weighted by Crippen LogP contribution is -1.97. The van der Waals surface area contributed by atoms with Gasteiger partial charge in [-0.25, -0.2) is 9.97 Å². The van der Waals surface area contributed by atoms with Gasteiger partial charge in [0.15, 0.2) is 5.82 Å². The van der Waals surface area contributed by atoms with Gasteiger partial charge in [0.1, 0.15) is 22.3 Å². The molecule has 0 aliphatic heterocycles. The van der Waals surface area contributed by atoms with E-state index in [1.807, 2.05) is 36.4 Å². The van der Waals surface area contributed by atoms with Crippen LogP contribution in [0.5, 0.6) is 0 Å². The van der Waals surface area contributed by atoms with Gasteiger partial charge >= 0.3 is 0 Å². The van der Waals surface area contributed by atoms with E-state index in [-0.39, 0.29) is 0 Å². The average molecular weight is 741 g/mol. The summed E-state index contributed by atoms with van der Waals surface area (Å²) in [4.78, 5) is 10.5. The molecule has 0 aliphatic rings. The number of hydrogen-bond acceptors (Lipinski definition) is 4. The molecule has 0 fully saturated rings. The molecule has 0 saturated heterocycles. The minimum Gasteiger partial charge on any atom is -0.456 e. The van der Waals surface area contributed by atoms with Gasteiger partial charge in [-0.15, -0.1) is 0 Å². The Morgan fingerprint density at radius 3 is 1.76 bits per heavy atom. The molecule has 0 spiro atoms. The van der Waals surface area contributed by atoms with Crippen LogP contribution in [0.25, 0.3) is 122 Å². The fourth-order valence-electron chi connectivity index (χ4n) is 8.64. The smallest absolute Gasteiger partial charge is 0.161 e. The molecule has 0 bridgehead atoms. The first kappa shape index (κ1) is 32.4. The number of furan rings is 2. The zero-order valence-corrected chi connectivity index (χ0v) is 31.2. The van der Waals surface area contributed by atoms with Gasteiger partial charge in [-0.05, 0) is 92.3 Å². The Kier molecular flexibility index (Phi) is 7.20. The molecule has 0 unspecified atom stereocenters. The number of fused-ring (bicyclic) bond motifs is 8. The summed E-state index contributed by atoms with van der Waals surface area (Å²) in [7, 11) is 0. The summed E-state index contributed by atoms with van der Waals surface area (Å²) < 4.78 is 12.8. The Labute approximate surface area is 333 Å². The molecule has 3 aromatic heterocycles. The van der Waals surface area contributed by atoms with E-state index in [2.05, 4.69) is 158 Å². The number of nitrogens with zero attached hydrogens (tertiary/aromatic N) is 2. The lowest BCUT2D eigenvalue weighted by atomic mass is 9.93. The number of aromatic nitrogens is 2. The maximum absolute atomic E-state index is 6.48. The third-order valence-electron chi connectivity index (χ3n) is 11.5. The molecule has 3 heterocycles. The van der Waals surface area contributed by atoms with Crippen molar-refractivity contribution < 1.29 is 8.83 Å². The highest BCUT2D eigenvalue weighted by Crippen LogP contribution is 2.40. The van der Waals surface area contributed by atoms with Crippen molar-refractivity contribution in [1.82, 2.24) is 9.97 Å². The fourth-order valence-corrected chi connectivity index (χ4v) is 8.64. The SMILES string of the molecule is c1ccc(-c2cc(-c3cccc4c3oc3ccccc34)nc(-c3ccc(-c4ccc(-c5ccc6oc7cc8ccccc8cc7c6c5)cc4)c4ccccc34)n2)cc1. The Morgan fingerprint density at radius 2 is 0.914 bits per heavy atom. The van der Waals surface area contributed by atoms with Crippen LogP contribution < -0.4 is 0 Å². The molecular weight excluding hydrogens is 709 g/mol. The van der Waals surface area contributed by atoms with Gasteiger partial charge in [0.2, 0.25) is 0 Å². The molecule has 0 amide bonds. The molecule has 4 heteroatoms. The fraction of sp³-hybridized carbons (Fsp3) is 0. The Bertz CT molecular complexity index is 3560. The van der Waals surface area contributed by atoms with Crippen LogP contribution in [0.4, 0.5) is 0 Å². The minimum absolute atomic E-state index is 0.665. The molecule has 0 N–H and O–H groups in total. The van der Waals surface area contributed by atoms with Crippen LogP contribution in [0.15, 0.2) is 203 Å². The lowest BCUT2D eigenvalue weighted by Gasteiger charge is -2.14. The van der Waals surface area contributed by atoms with Crippen molar-refractivity contribution in [1.29, 1.82) is 0 Å². The molecule has 0 saturated carbocycles. The van der Waals surface area contributed by atoms with Crippen LogP contribution in [0.3, 0.4) is 0 Å². The summed E-state index contributed by atoms with van der Waals surface area (Å²) in [5.41, 5.74) is 12.7. The van der Waals surface area contributed by atoms with E-state index in [4.69, 9.17) is 18.8 Å². The van der Waals surface area contributed by atoms with Crippen LogP contribution in [0.2, 0.25) is 0 Å². The molecule has 0 radical (unpaired) electrons. The van der Waals surface area contributed by atoms with Crippen molar-refractivity contribution in [2.75, 3.05) is 0 Å². The first-order valence-electron chi connectivity index (χ1n) is 19.5. The highest BCUT2D eigenvalue weighted by molar-refractivity contribution is 6.12. The second kappa shape index (κ2) is 12.9. The van der Waals surface area contributed by atoms with Gasteiger partial charge < -0.3 is 8.83 Å². The molecule has 12 aromatic rings. The van der Waals surface area contributed by atoms with Crippen LogP contribution >= 0.6 is 0 Å². The summed E-state index contributed by atoms with van der Waals surface area (Å²) in [5, 5.41) is 9.04. The number of benzene rings is 9. The van der Waals surface area contributed by atoms with Crippen molar-refractivity contribution in [2.45, 2.75) is 0 Å². The summed E-state index contributed by atoms with van der Waals surface area (Å²) in [5.74, 6) is 0.665. The average Bonchev–Trinajstić information content (AvgIpc) is 3.85. The van der Waals surface area contributed by atoms with Gasteiger partial charge in [-0.2, -0.15) is 0 Å². The topological polar surface area (TPSA) is 52.1 Å². The third-order valence-corrected chi connectivity index (χ3v) is 11.5. The molecular formula is C54H32N2O2. The number of para-hydroxylation sites is 2. The molecule has 4 nitrogen and oxygen atoms in total. The zero-order chi connectivity index (χ0) is 38.2. The molecule has 12 rings (SSSR count). The number of rotatable bonds is 5. The minimum atomic E-state index is 0.665. The second-order valence-corrected chi connectivity index (χ2v) is 14.9. The molecule has 58 heavy (non-hydrogen) atoms. The highest BCUT2D eigenvalue weighted by Gasteiger charge is 2.19. The molecule has 9 aromatic carbocycles. The van der Waals surface area contributed by atoms with E-state index in [9.17, 15) is 0 Å². The van der Waals surface area contributed by atoms with E-state index in [1.54, 1.807) is 0 Å². The van der Waals surface area contributed by atoms with Crippen LogP contribution in [-0.2, 0) is 0 Å². The van der Waals surface area contributed by atoms with Gasteiger partial charge in [0.05, 0.1) is 11.4 Å². The van der Waals surface area contributed by atoms with Gasteiger partial charge in [0.25, 0.3) is 0 Å². The van der Waals surface area contributed by atoms with Crippen molar-refractivity contribution in [3.8, 4) is 56.2 Å². The lowest BCUT2D eigenvalue weighted by molar-refractivity contribution is 0.669. The van der Waals surface area contributed by atoms with Crippen molar-refractivity contribution >= 4 is 65.4 Å². The standard InChI is InChI=1S/C54H32N2O2/c1-2-11-35(12-3-1)48-32-49(45-19-10-18-43-42-17-8-9-20-50(42)58-53(43)45)56-54(55-48)44-27-26-39(40-15-6-7-16-41(40)44)34-23-21-33(22-24-34)38-25-28-51-46(30-38)47-29-36-13-4-5-14-37(36)31-52(47)57-51/h1-32H. The van der Waals surface area contributed by atoms with E-state index in [1.165, 1.54) is 10.8 Å². The third kappa shape index (κ3) is 5.23. The van der Waals surface area contributed by atoms with Crippen molar-refractivity contribution in [3.05, 3.63) is 194 Å². The first-order valence-corrected chi connectivity index (χ1v) is 19.5. The van der Waals surface area contributed by atoms with E-state index < -0.39 is 0 Å². The molecule has 270 valence electrons. The largest absolute Gasteiger partial charge is 0.456 e. The van der Waals surface area contributed by atoms with E-state index in [0.717, 1.165) is 105 Å². The van der Waals surface area contributed by atoms with Gasteiger partial charge in [-0.1, -0.05) is 146 Å². The Hall–Kier alpha value is -7.82. The van der Waals surface area contributed by atoms with Crippen LogP contribution in [0, 0.1) is 0 Å². The van der Waals surface area contributed by atoms with E-state index >= 15 is 0 Å². The van der Waals surface area contributed by atoms with Gasteiger partial charge in [-0.3, -0.25) is 0 Å². The maximum atomic E-state index is 6.48. The Balaban J connectivity index is 0.959. The summed E-state index contributed by atoms with van der Waals surface area (Å²) in [6.07, 6.45) is 0. The Morgan fingerprint density at radius 1 is 0.293 bits per heavy atom. The van der Waals surface area contributed by atoms with Crippen molar-refractivity contribution in [3.63, 3.8) is 0 Å². The van der Waals surface area contributed by atoms with Crippen molar-refractivity contribution in [2.24, 2.45) is 0 Å². The predicted molar refractivity (Wildman–Crippen MR) is 239 cm³/mol. The predicted octanol–water partition coefficient (Wildman–Crippen LogP) is 14.9.